The summed E-state index contributed by atoms with van der Waals surface area (Å²) in [7, 11) is 1.25. The molecule has 4 nitrogen and oxygen atoms in total. The summed E-state index contributed by atoms with van der Waals surface area (Å²) in [5.74, 6) is -1.34. The van der Waals surface area contributed by atoms with Gasteiger partial charge in [0.25, 0.3) is 6.43 Å². The molecule has 1 aromatic heterocycles. The number of aromatic nitrogens is 1. The number of aromatic carboxylic acids is 1. The van der Waals surface area contributed by atoms with Gasteiger partial charge in [-0.15, -0.1) is 0 Å². The zero-order valence-electron chi connectivity index (χ0n) is 8.12. The average molecular weight is 217 g/mol. The van der Waals surface area contributed by atoms with E-state index in [0.29, 0.717) is 0 Å². The van der Waals surface area contributed by atoms with Crippen LogP contribution in [-0.4, -0.2) is 23.2 Å². The van der Waals surface area contributed by atoms with Crippen LogP contribution in [-0.2, 0) is 0 Å². The van der Waals surface area contributed by atoms with Crippen LogP contribution in [0.1, 0.15) is 28.0 Å². The Bertz CT molecular complexity index is 393. The van der Waals surface area contributed by atoms with Crippen LogP contribution in [0.2, 0.25) is 0 Å². The molecule has 15 heavy (non-hydrogen) atoms. The second kappa shape index (κ2) is 4.20. The molecule has 0 aliphatic carbocycles. The van der Waals surface area contributed by atoms with Crippen molar-refractivity contribution in [1.29, 1.82) is 0 Å². The van der Waals surface area contributed by atoms with Gasteiger partial charge in [0.15, 0.2) is 5.75 Å². The Balaban J connectivity index is 3.42. The number of carboxylic acid groups (broad SMARTS) is 1. The molecular formula is C9H9F2NO3. The van der Waals surface area contributed by atoms with Crippen LogP contribution < -0.4 is 4.74 Å². The number of hydrogen-bond donors (Lipinski definition) is 1. The molecule has 0 aromatic carbocycles. The van der Waals surface area contributed by atoms with E-state index in [2.05, 4.69) is 4.98 Å². The zero-order chi connectivity index (χ0) is 11.6. The van der Waals surface area contributed by atoms with Crippen molar-refractivity contribution in [3.63, 3.8) is 0 Å². The number of ether oxygens (including phenoxy) is 1. The maximum atomic E-state index is 12.4. The summed E-state index contributed by atoms with van der Waals surface area (Å²) in [6.07, 6.45) is -1.81. The van der Waals surface area contributed by atoms with Crippen LogP contribution in [0.4, 0.5) is 8.78 Å². The minimum atomic E-state index is -2.80. The Labute approximate surface area is 84.5 Å². The van der Waals surface area contributed by atoms with E-state index in [9.17, 15) is 13.6 Å². The van der Waals surface area contributed by atoms with Crippen molar-refractivity contribution in [3.8, 4) is 5.75 Å². The number of nitrogens with zero attached hydrogens (tertiary/aromatic N) is 1. The van der Waals surface area contributed by atoms with Gasteiger partial charge in [-0.3, -0.25) is 4.98 Å². The number of rotatable bonds is 3. The van der Waals surface area contributed by atoms with Crippen LogP contribution >= 0.6 is 0 Å². The van der Waals surface area contributed by atoms with Crippen LogP contribution in [0.15, 0.2) is 6.20 Å². The summed E-state index contributed by atoms with van der Waals surface area (Å²) in [5, 5.41) is 8.83. The van der Waals surface area contributed by atoms with E-state index in [1.165, 1.54) is 14.0 Å². The first-order chi connectivity index (χ1) is 6.99. The Morgan fingerprint density at radius 1 is 1.60 bits per heavy atom. The number of carboxylic acids is 1. The van der Waals surface area contributed by atoms with Gasteiger partial charge in [0.05, 0.1) is 13.3 Å². The standard InChI is InChI=1S/C9H9F2NO3/c1-4-6(9(13)14)5(15-2)3-12-7(4)8(10)11/h3,8H,1-2H3,(H,13,14). The Kier molecular flexibility index (Phi) is 3.18. The number of pyridine rings is 1. The van der Waals surface area contributed by atoms with Gasteiger partial charge in [0.1, 0.15) is 11.3 Å². The third-order valence-corrected chi connectivity index (χ3v) is 1.97. The molecule has 1 N–H and O–H groups in total. The largest absolute Gasteiger partial charge is 0.494 e. The van der Waals surface area contributed by atoms with Crippen molar-refractivity contribution in [1.82, 2.24) is 4.98 Å². The molecule has 0 radical (unpaired) electrons. The number of alkyl halides is 2. The highest BCUT2D eigenvalue weighted by Crippen LogP contribution is 2.28. The minimum Gasteiger partial charge on any atom is -0.494 e. The SMILES string of the molecule is COc1cnc(C(F)F)c(C)c1C(=O)O. The van der Waals surface area contributed by atoms with E-state index < -0.39 is 18.1 Å². The van der Waals surface area contributed by atoms with E-state index >= 15 is 0 Å². The van der Waals surface area contributed by atoms with E-state index in [1.54, 1.807) is 0 Å². The molecular weight excluding hydrogens is 208 g/mol. The Hall–Kier alpha value is -1.72. The fourth-order valence-corrected chi connectivity index (χ4v) is 1.24. The summed E-state index contributed by atoms with van der Waals surface area (Å²) < 4.78 is 29.6. The molecule has 0 bridgehead atoms. The molecule has 0 saturated heterocycles. The lowest BCUT2D eigenvalue weighted by Crippen LogP contribution is -2.08. The highest BCUT2D eigenvalue weighted by Gasteiger charge is 2.22. The van der Waals surface area contributed by atoms with Crippen molar-refractivity contribution in [2.75, 3.05) is 7.11 Å². The first-order valence-electron chi connectivity index (χ1n) is 4.04. The average Bonchev–Trinajstić information content (AvgIpc) is 2.15. The molecule has 0 fully saturated rings. The summed E-state index contributed by atoms with van der Waals surface area (Å²) in [6, 6.07) is 0. The summed E-state index contributed by atoms with van der Waals surface area (Å²) in [6.45, 7) is 1.28. The normalized spacial score (nSPS) is 10.5. The predicted molar refractivity (Wildman–Crippen MR) is 47.4 cm³/mol. The van der Waals surface area contributed by atoms with Crippen molar-refractivity contribution < 1.29 is 23.4 Å². The van der Waals surface area contributed by atoms with Gasteiger partial charge < -0.3 is 9.84 Å². The highest BCUT2D eigenvalue weighted by molar-refractivity contribution is 5.92. The lowest BCUT2D eigenvalue weighted by molar-refractivity contribution is 0.0691. The van der Waals surface area contributed by atoms with E-state index in [-0.39, 0.29) is 16.9 Å². The van der Waals surface area contributed by atoms with E-state index in [4.69, 9.17) is 9.84 Å². The molecule has 0 saturated carbocycles. The molecule has 0 unspecified atom stereocenters. The number of carbonyl (C=O) groups is 1. The molecule has 0 aliphatic rings. The van der Waals surface area contributed by atoms with Gasteiger partial charge in [-0.1, -0.05) is 0 Å². The lowest BCUT2D eigenvalue weighted by atomic mass is 10.1. The number of methoxy groups -OCH3 is 1. The fourth-order valence-electron chi connectivity index (χ4n) is 1.24. The van der Waals surface area contributed by atoms with Crippen molar-refractivity contribution >= 4 is 5.97 Å². The maximum Gasteiger partial charge on any atom is 0.339 e. The maximum absolute atomic E-state index is 12.4. The number of halogens is 2. The topological polar surface area (TPSA) is 59.4 Å². The second-order valence-electron chi connectivity index (χ2n) is 2.82. The molecule has 1 heterocycles. The van der Waals surface area contributed by atoms with Crippen LogP contribution in [0, 0.1) is 6.92 Å². The molecule has 1 rings (SSSR count). The van der Waals surface area contributed by atoms with E-state index in [0.717, 1.165) is 6.20 Å². The third kappa shape index (κ3) is 2.03. The predicted octanol–water partition coefficient (Wildman–Crippen LogP) is 2.03. The summed E-state index contributed by atoms with van der Waals surface area (Å²) in [4.78, 5) is 14.3. The van der Waals surface area contributed by atoms with Crippen molar-refractivity contribution in [2.45, 2.75) is 13.3 Å². The van der Waals surface area contributed by atoms with Crippen LogP contribution in [0.25, 0.3) is 0 Å². The minimum absolute atomic E-state index is 0.0237. The lowest BCUT2D eigenvalue weighted by Gasteiger charge is -2.10. The quantitative estimate of drug-likeness (QED) is 0.841. The molecule has 6 heteroatoms. The molecule has 82 valence electrons. The second-order valence-corrected chi connectivity index (χ2v) is 2.82. The molecule has 0 amide bonds. The van der Waals surface area contributed by atoms with Gasteiger partial charge in [-0.25, -0.2) is 13.6 Å². The zero-order valence-corrected chi connectivity index (χ0v) is 8.12. The Morgan fingerprint density at radius 3 is 2.60 bits per heavy atom. The monoisotopic (exact) mass is 217 g/mol. The molecule has 0 atom stereocenters. The van der Waals surface area contributed by atoms with Crippen LogP contribution in [0.5, 0.6) is 5.75 Å². The first kappa shape index (κ1) is 11.4. The highest BCUT2D eigenvalue weighted by atomic mass is 19.3. The number of hydrogen-bond acceptors (Lipinski definition) is 3. The van der Waals surface area contributed by atoms with Gasteiger partial charge in [-0.2, -0.15) is 0 Å². The van der Waals surface area contributed by atoms with Crippen molar-refractivity contribution in [2.24, 2.45) is 0 Å². The smallest absolute Gasteiger partial charge is 0.339 e. The van der Waals surface area contributed by atoms with Crippen molar-refractivity contribution in [3.05, 3.63) is 23.0 Å². The Morgan fingerprint density at radius 2 is 2.20 bits per heavy atom. The first-order valence-corrected chi connectivity index (χ1v) is 4.04. The molecule has 0 aliphatic heterocycles. The third-order valence-electron chi connectivity index (χ3n) is 1.97. The van der Waals surface area contributed by atoms with Crippen LogP contribution in [0.3, 0.4) is 0 Å². The summed E-state index contributed by atoms with van der Waals surface area (Å²) in [5.41, 5.74) is -0.882. The van der Waals surface area contributed by atoms with Gasteiger partial charge >= 0.3 is 5.97 Å². The molecule has 0 spiro atoms. The van der Waals surface area contributed by atoms with Gasteiger partial charge in [0.2, 0.25) is 0 Å². The van der Waals surface area contributed by atoms with Gasteiger partial charge in [0, 0.05) is 0 Å². The fraction of sp³-hybridized carbons (Fsp3) is 0.333. The van der Waals surface area contributed by atoms with E-state index in [1.807, 2.05) is 0 Å². The van der Waals surface area contributed by atoms with Gasteiger partial charge in [-0.05, 0) is 12.5 Å². The summed E-state index contributed by atoms with van der Waals surface area (Å²) >= 11 is 0. The molecule has 1 aromatic rings.